The van der Waals surface area contributed by atoms with Gasteiger partial charge in [-0.05, 0) is 72.5 Å². The van der Waals surface area contributed by atoms with E-state index in [1.807, 2.05) is 6.07 Å². The van der Waals surface area contributed by atoms with Crippen LogP contribution in [0.1, 0.15) is 34.3 Å². The van der Waals surface area contributed by atoms with Gasteiger partial charge in [0.1, 0.15) is 0 Å². The normalized spacial score (nSPS) is 17.5. The second-order valence-corrected chi connectivity index (χ2v) is 8.53. The van der Waals surface area contributed by atoms with Crippen molar-refractivity contribution in [3.63, 3.8) is 0 Å². The molecule has 0 aliphatic heterocycles. The Balaban J connectivity index is 1.70. The zero-order valence-electron chi connectivity index (χ0n) is 20.9. The first kappa shape index (κ1) is 25.5. The lowest BCUT2D eigenvalue weighted by Gasteiger charge is -2.27. The Morgan fingerprint density at radius 2 is 1.43 bits per heavy atom. The van der Waals surface area contributed by atoms with Crippen LogP contribution >= 0.6 is 0 Å². The summed E-state index contributed by atoms with van der Waals surface area (Å²) < 4.78 is 15.9. The van der Waals surface area contributed by atoms with Gasteiger partial charge in [0, 0.05) is 35.1 Å². The molecule has 1 fully saturated rings. The second-order valence-electron chi connectivity index (χ2n) is 8.53. The number of phenols is 1. The number of benzene rings is 2. The molecule has 0 radical (unpaired) electrons. The minimum Gasteiger partial charge on any atom is -0.504 e. The Kier molecular flexibility index (Phi) is 7.88. The van der Waals surface area contributed by atoms with Crippen LogP contribution in [0.5, 0.6) is 23.0 Å². The number of methoxy groups -OCH3 is 3. The number of hydrogen-bond acceptors (Lipinski definition) is 7. The maximum absolute atomic E-state index is 13.5. The Morgan fingerprint density at radius 3 is 2.03 bits per heavy atom. The summed E-state index contributed by atoms with van der Waals surface area (Å²) in [7, 11) is 4.58. The van der Waals surface area contributed by atoms with Crippen molar-refractivity contribution in [2.75, 3.05) is 21.3 Å². The Morgan fingerprint density at radius 1 is 0.865 bits per heavy atom. The van der Waals surface area contributed by atoms with Gasteiger partial charge in [-0.25, -0.2) is 0 Å². The number of rotatable bonds is 7. The summed E-state index contributed by atoms with van der Waals surface area (Å²) in [4.78, 5) is 30.4. The van der Waals surface area contributed by atoms with E-state index < -0.39 is 0 Å². The number of Topliss-reactive ketones (excluding diaryl/α,β-unsaturated/α-hetero) is 1. The van der Waals surface area contributed by atoms with Crippen LogP contribution in [-0.4, -0.2) is 49.2 Å². The molecule has 1 amide bonds. The van der Waals surface area contributed by atoms with E-state index in [1.54, 1.807) is 75.2 Å². The topological polar surface area (TPSA) is 107 Å². The fourth-order valence-electron chi connectivity index (χ4n) is 4.25. The van der Waals surface area contributed by atoms with Crippen molar-refractivity contribution in [3.8, 4) is 23.0 Å². The summed E-state index contributed by atoms with van der Waals surface area (Å²) in [5.74, 6) is 1.10. The highest BCUT2D eigenvalue weighted by atomic mass is 16.5. The number of phenolic OH excluding ortho intramolecular Hbond substituents is 1. The molecule has 2 N–H and O–H groups in total. The van der Waals surface area contributed by atoms with Gasteiger partial charge in [0.05, 0.1) is 21.3 Å². The molecule has 1 saturated carbocycles. The van der Waals surface area contributed by atoms with Gasteiger partial charge < -0.3 is 24.6 Å². The van der Waals surface area contributed by atoms with E-state index in [0.29, 0.717) is 52.4 Å². The molecule has 1 aromatic heterocycles. The average Bonchev–Trinajstić information content (AvgIpc) is 2.92. The number of carbonyl (C=O) groups excluding carboxylic acids is 2. The van der Waals surface area contributed by atoms with Crippen molar-refractivity contribution in [1.29, 1.82) is 0 Å². The summed E-state index contributed by atoms with van der Waals surface area (Å²) in [6.45, 7) is 0. The fourth-order valence-corrected chi connectivity index (χ4v) is 4.25. The summed E-state index contributed by atoms with van der Waals surface area (Å²) in [5, 5.41) is 13.0. The number of aromatic hydroxyl groups is 1. The first-order chi connectivity index (χ1) is 17.9. The zero-order valence-corrected chi connectivity index (χ0v) is 20.9. The molecule has 1 aliphatic carbocycles. The molecule has 1 atom stereocenters. The van der Waals surface area contributed by atoms with E-state index in [0.717, 1.165) is 5.56 Å². The van der Waals surface area contributed by atoms with Crippen LogP contribution in [0.2, 0.25) is 0 Å². The lowest BCUT2D eigenvalue weighted by Crippen LogP contribution is -2.39. The van der Waals surface area contributed by atoms with E-state index in [2.05, 4.69) is 10.3 Å². The van der Waals surface area contributed by atoms with Gasteiger partial charge >= 0.3 is 0 Å². The number of ether oxygens (including phenoxy) is 3. The lowest BCUT2D eigenvalue weighted by molar-refractivity contribution is -0.113. The van der Waals surface area contributed by atoms with Gasteiger partial charge in [0.2, 0.25) is 0 Å². The van der Waals surface area contributed by atoms with E-state index in [1.165, 1.54) is 13.2 Å². The van der Waals surface area contributed by atoms with Crippen molar-refractivity contribution in [3.05, 3.63) is 88.8 Å². The Hall–Kier alpha value is -4.59. The third-order valence-corrected chi connectivity index (χ3v) is 6.09. The molecular formula is C29H28N2O6. The first-order valence-corrected chi connectivity index (χ1v) is 11.7. The largest absolute Gasteiger partial charge is 0.504 e. The van der Waals surface area contributed by atoms with E-state index in [9.17, 15) is 14.7 Å². The van der Waals surface area contributed by atoms with Crippen LogP contribution in [0.4, 0.5) is 0 Å². The van der Waals surface area contributed by atoms with Crippen molar-refractivity contribution in [1.82, 2.24) is 10.3 Å². The quantitative estimate of drug-likeness (QED) is 0.462. The fraction of sp³-hybridized carbons (Fsp3) is 0.207. The predicted octanol–water partition coefficient (Wildman–Crippen LogP) is 4.44. The minimum atomic E-state index is -0.310. The number of pyridine rings is 1. The van der Waals surface area contributed by atoms with Crippen molar-refractivity contribution < 1.29 is 28.9 Å². The molecule has 8 nitrogen and oxygen atoms in total. The molecule has 8 heteroatoms. The molecule has 2 aromatic carbocycles. The van der Waals surface area contributed by atoms with Gasteiger partial charge in [0.25, 0.3) is 5.91 Å². The van der Waals surface area contributed by atoms with Gasteiger partial charge in [-0.3, -0.25) is 14.6 Å². The molecule has 1 heterocycles. The molecule has 3 aromatic rings. The standard InChI is InChI=1S/C29H28N2O6/c1-35-25-7-5-19(15-27(25)37-3)13-22-17-23(31-29(34)20-8-10-30-11-9-20)16-21(28(22)33)12-18-4-6-24(32)26(14-18)36-2/h4-15,23,32H,16-17H2,1-3H3,(H,31,34)/b21-12+,22-13+. The number of hydrogen-bond donors (Lipinski definition) is 2. The molecule has 0 saturated heterocycles. The summed E-state index contributed by atoms with van der Waals surface area (Å²) in [6.07, 6.45) is 7.40. The zero-order chi connectivity index (χ0) is 26.4. The molecule has 1 unspecified atom stereocenters. The van der Waals surface area contributed by atoms with E-state index >= 15 is 0 Å². The summed E-state index contributed by atoms with van der Waals surface area (Å²) >= 11 is 0. The second kappa shape index (κ2) is 11.4. The maximum atomic E-state index is 13.5. The van der Waals surface area contributed by atoms with Crippen LogP contribution in [0.3, 0.4) is 0 Å². The number of carbonyl (C=O) groups is 2. The number of nitrogens with one attached hydrogen (secondary N) is 1. The molecule has 1 aliphatic rings. The maximum Gasteiger partial charge on any atom is 0.251 e. The number of nitrogens with zero attached hydrogens (tertiary/aromatic N) is 1. The Bertz CT molecular complexity index is 1360. The van der Waals surface area contributed by atoms with Crippen LogP contribution in [0.15, 0.2) is 72.1 Å². The third kappa shape index (κ3) is 5.98. The highest BCUT2D eigenvalue weighted by Gasteiger charge is 2.29. The van der Waals surface area contributed by atoms with E-state index in [4.69, 9.17) is 14.2 Å². The van der Waals surface area contributed by atoms with Crippen LogP contribution in [-0.2, 0) is 4.79 Å². The third-order valence-electron chi connectivity index (χ3n) is 6.09. The molecule has 0 bridgehead atoms. The average molecular weight is 501 g/mol. The number of aromatic nitrogens is 1. The van der Waals surface area contributed by atoms with Crippen molar-refractivity contribution in [2.45, 2.75) is 18.9 Å². The minimum absolute atomic E-state index is 0.0103. The van der Waals surface area contributed by atoms with Crippen LogP contribution in [0.25, 0.3) is 12.2 Å². The molecular weight excluding hydrogens is 472 g/mol. The molecule has 0 spiro atoms. The number of amides is 1. The van der Waals surface area contributed by atoms with Crippen LogP contribution in [0, 0.1) is 0 Å². The smallest absolute Gasteiger partial charge is 0.251 e. The highest BCUT2D eigenvalue weighted by Crippen LogP contribution is 2.33. The van der Waals surface area contributed by atoms with Gasteiger partial charge in [-0.15, -0.1) is 0 Å². The molecule has 190 valence electrons. The first-order valence-electron chi connectivity index (χ1n) is 11.7. The monoisotopic (exact) mass is 500 g/mol. The Labute approximate surface area is 215 Å². The lowest BCUT2D eigenvalue weighted by atomic mass is 9.83. The van der Waals surface area contributed by atoms with Crippen molar-refractivity contribution in [2.24, 2.45) is 0 Å². The molecule has 37 heavy (non-hydrogen) atoms. The SMILES string of the molecule is COc1cc(/C=C2\CC(NC(=O)c3ccncc3)C/C(=C\c3ccc(OC)c(OC)c3)C2=O)ccc1O. The number of ketones is 1. The van der Waals surface area contributed by atoms with Crippen LogP contribution < -0.4 is 19.5 Å². The van der Waals surface area contributed by atoms with Gasteiger partial charge in [-0.2, -0.15) is 0 Å². The summed E-state index contributed by atoms with van der Waals surface area (Å²) in [6, 6.07) is 13.3. The molecule has 4 rings (SSSR count). The summed E-state index contributed by atoms with van der Waals surface area (Å²) in [5.41, 5.74) is 3.05. The van der Waals surface area contributed by atoms with Gasteiger partial charge in [-0.1, -0.05) is 12.1 Å². The van der Waals surface area contributed by atoms with Gasteiger partial charge in [0.15, 0.2) is 28.8 Å². The predicted molar refractivity (Wildman–Crippen MR) is 140 cm³/mol. The van der Waals surface area contributed by atoms with E-state index in [-0.39, 0.29) is 23.5 Å². The highest BCUT2D eigenvalue weighted by molar-refractivity contribution is 6.14. The van der Waals surface area contributed by atoms with Crippen molar-refractivity contribution >= 4 is 23.8 Å².